The number of hydrogen-bond donors (Lipinski definition) is 2. The normalized spacial score (nSPS) is 11.2. The number of carbonyl (C=O) groups excluding carboxylic acids is 1. The highest BCUT2D eigenvalue weighted by atomic mass is 19.4. The van der Waals surface area contributed by atoms with Crippen molar-refractivity contribution >= 4 is 5.91 Å². The van der Waals surface area contributed by atoms with Gasteiger partial charge in [-0.2, -0.15) is 0 Å². The second-order valence-corrected chi connectivity index (χ2v) is 5.26. The van der Waals surface area contributed by atoms with Gasteiger partial charge in [0.1, 0.15) is 5.75 Å². The monoisotopic (exact) mass is 353 g/mol. The molecular weight excluding hydrogens is 335 g/mol. The highest BCUT2D eigenvalue weighted by Crippen LogP contribution is 2.22. The van der Waals surface area contributed by atoms with Crippen LogP contribution < -0.4 is 15.4 Å². The number of rotatable bonds is 8. The van der Waals surface area contributed by atoms with Gasteiger partial charge < -0.3 is 15.4 Å². The minimum absolute atomic E-state index is 0.0923. The first-order valence-corrected chi connectivity index (χ1v) is 7.63. The molecule has 0 fully saturated rings. The minimum Gasteiger partial charge on any atom is -0.406 e. The first-order valence-electron chi connectivity index (χ1n) is 7.63. The number of nitrogens with one attached hydrogen (secondary N) is 2. The fourth-order valence-corrected chi connectivity index (χ4v) is 2.04. The Kier molecular flexibility index (Phi) is 6.76. The smallest absolute Gasteiger partial charge is 0.406 e. The van der Waals surface area contributed by atoms with Crippen molar-refractivity contribution in [2.24, 2.45) is 0 Å². The summed E-state index contributed by atoms with van der Waals surface area (Å²) in [4.78, 5) is 15.7. The Labute approximate surface area is 143 Å². The van der Waals surface area contributed by atoms with Gasteiger partial charge in [-0.15, -0.1) is 13.2 Å². The Hall–Kier alpha value is -2.61. The molecule has 1 heterocycles. The predicted molar refractivity (Wildman–Crippen MR) is 85.5 cm³/mol. The molecule has 5 nitrogen and oxygen atoms in total. The van der Waals surface area contributed by atoms with Crippen molar-refractivity contribution in [1.82, 2.24) is 15.6 Å². The van der Waals surface area contributed by atoms with Crippen LogP contribution in [-0.4, -0.2) is 23.8 Å². The van der Waals surface area contributed by atoms with Crippen molar-refractivity contribution in [2.75, 3.05) is 6.54 Å². The fourth-order valence-electron chi connectivity index (χ4n) is 2.04. The maximum atomic E-state index is 12.1. The summed E-state index contributed by atoms with van der Waals surface area (Å²) in [6.07, 6.45) is -1.04. The van der Waals surface area contributed by atoms with Crippen molar-refractivity contribution in [3.63, 3.8) is 0 Å². The molecule has 0 unspecified atom stereocenters. The fraction of sp³-hybridized carbons (Fsp3) is 0.294. The van der Waals surface area contributed by atoms with E-state index in [4.69, 9.17) is 0 Å². The topological polar surface area (TPSA) is 63.2 Å². The van der Waals surface area contributed by atoms with Crippen LogP contribution in [0.1, 0.15) is 17.5 Å². The number of ether oxygens (including phenoxy) is 1. The maximum absolute atomic E-state index is 12.1. The van der Waals surface area contributed by atoms with Gasteiger partial charge in [0.05, 0.1) is 0 Å². The summed E-state index contributed by atoms with van der Waals surface area (Å²) < 4.78 is 40.0. The number of alkyl halides is 3. The molecule has 0 saturated carbocycles. The van der Waals surface area contributed by atoms with Crippen molar-refractivity contribution in [3.8, 4) is 5.75 Å². The summed E-state index contributed by atoms with van der Waals surface area (Å²) in [7, 11) is 0. The largest absolute Gasteiger partial charge is 0.573 e. The van der Waals surface area contributed by atoms with E-state index in [0.717, 1.165) is 11.1 Å². The van der Waals surface area contributed by atoms with Gasteiger partial charge >= 0.3 is 6.36 Å². The molecule has 0 atom stereocenters. The summed E-state index contributed by atoms with van der Waals surface area (Å²) in [5.74, 6) is -0.351. The molecule has 0 aliphatic heterocycles. The minimum atomic E-state index is -4.69. The van der Waals surface area contributed by atoms with Crippen LogP contribution in [0.4, 0.5) is 13.2 Å². The van der Waals surface area contributed by atoms with Crippen LogP contribution in [0.25, 0.3) is 0 Å². The second kappa shape index (κ2) is 9.03. The van der Waals surface area contributed by atoms with E-state index in [1.54, 1.807) is 18.5 Å². The number of aromatic nitrogens is 1. The number of carbonyl (C=O) groups is 1. The first-order chi connectivity index (χ1) is 11.9. The zero-order chi connectivity index (χ0) is 18.1. The molecule has 1 aromatic carbocycles. The quantitative estimate of drug-likeness (QED) is 0.717. The van der Waals surface area contributed by atoms with Crippen LogP contribution in [0.2, 0.25) is 0 Å². The molecule has 1 amide bonds. The van der Waals surface area contributed by atoms with Gasteiger partial charge in [-0.05, 0) is 29.3 Å². The summed E-state index contributed by atoms with van der Waals surface area (Å²) >= 11 is 0. The molecule has 0 bridgehead atoms. The lowest BCUT2D eigenvalue weighted by atomic mass is 10.2. The molecule has 2 N–H and O–H groups in total. The SMILES string of the molecule is O=C(CCNCc1ccc(OC(F)(F)F)cc1)NCc1cccnc1. The van der Waals surface area contributed by atoms with Gasteiger partial charge in [-0.1, -0.05) is 18.2 Å². The Balaban J connectivity index is 1.63. The Morgan fingerprint density at radius 3 is 2.48 bits per heavy atom. The van der Waals surface area contributed by atoms with Crippen molar-refractivity contribution in [1.29, 1.82) is 0 Å². The molecule has 8 heteroatoms. The van der Waals surface area contributed by atoms with E-state index in [2.05, 4.69) is 20.4 Å². The lowest BCUT2D eigenvalue weighted by Crippen LogP contribution is -2.27. The van der Waals surface area contributed by atoms with Crippen molar-refractivity contribution in [2.45, 2.75) is 25.9 Å². The molecular formula is C17H18F3N3O2. The first kappa shape index (κ1) is 18.7. The Morgan fingerprint density at radius 1 is 1.08 bits per heavy atom. The van der Waals surface area contributed by atoms with E-state index in [1.807, 2.05) is 6.07 Å². The highest BCUT2D eigenvalue weighted by Gasteiger charge is 2.30. The molecule has 0 radical (unpaired) electrons. The molecule has 0 spiro atoms. The molecule has 0 saturated heterocycles. The van der Waals surface area contributed by atoms with Crippen LogP contribution in [-0.2, 0) is 17.9 Å². The van der Waals surface area contributed by atoms with Crippen LogP contribution >= 0.6 is 0 Å². The molecule has 1 aromatic heterocycles. The number of amides is 1. The van der Waals surface area contributed by atoms with Gasteiger partial charge in [-0.25, -0.2) is 0 Å². The van der Waals surface area contributed by atoms with Crippen molar-refractivity contribution < 1.29 is 22.7 Å². The average molecular weight is 353 g/mol. The molecule has 2 aromatic rings. The summed E-state index contributed by atoms with van der Waals surface area (Å²) in [5, 5.41) is 5.85. The van der Waals surface area contributed by atoms with E-state index in [9.17, 15) is 18.0 Å². The third kappa shape index (κ3) is 7.67. The van der Waals surface area contributed by atoms with Gasteiger partial charge in [-0.3, -0.25) is 9.78 Å². The lowest BCUT2D eigenvalue weighted by Gasteiger charge is -2.10. The molecule has 0 aliphatic carbocycles. The van der Waals surface area contributed by atoms with Crippen LogP contribution in [0.3, 0.4) is 0 Å². The molecule has 2 rings (SSSR count). The van der Waals surface area contributed by atoms with Gasteiger partial charge in [0.25, 0.3) is 0 Å². The van der Waals surface area contributed by atoms with Gasteiger partial charge in [0.2, 0.25) is 5.91 Å². The number of halogens is 3. The summed E-state index contributed by atoms with van der Waals surface area (Å²) in [5.41, 5.74) is 1.72. The molecule has 25 heavy (non-hydrogen) atoms. The number of nitrogens with zero attached hydrogens (tertiary/aromatic N) is 1. The van der Waals surface area contributed by atoms with Crippen LogP contribution in [0.5, 0.6) is 5.75 Å². The second-order valence-electron chi connectivity index (χ2n) is 5.26. The molecule has 0 aliphatic rings. The van der Waals surface area contributed by atoms with Crippen LogP contribution in [0, 0.1) is 0 Å². The Bertz CT molecular complexity index is 661. The van der Waals surface area contributed by atoms with Gasteiger partial charge in [0.15, 0.2) is 0 Å². The number of benzene rings is 1. The third-order valence-corrected chi connectivity index (χ3v) is 3.23. The predicted octanol–water partition coefficient (Wildman–Crippen LogP) is 2.78. The summed E-state index contributed by atoms with van der Waals surface area (Å²) in [6.45, 7) is 1.33. The maximum Gasteiger partial charge on any atom is 0.573 e. The standard InChI is InChI=1S/C17H18F3N3O2/c18-17(19,20)25-15-5-3-13(4-6-15)10-22-9-7-16(24)23-12-14-2-1-8-21-11-14/h1-6,8,11,22H,7,9-10,12H2,(H,23,24). The van der Waals surface area contributed by atoms with E-state index in [1.165, 1.54) is 24.3 Å². The summed E-state index contributed by atoms with van der Waals surface area (Å²) in [6, 6.07) is 9.26. The van der Waals surface area contributed by atoms with E-state index in [0.29, 0.717) is 26.1 Å². The van der Waals surface area contributed by atoms with Gasteiger partial charge in [0, 0.05) is 38.4 Å². The van der Waals surface area contributed by atoms with Crippen molar-refractivity contribution in [3.05, 3.63) is 59.9 Å². The van der Waals surface area contributed by atoms with E-state index in [-0.39, 0.29) is 11.7 Å². The van der Waals surface area contributed by atoms with E-state index < -0.39 is 6.36 Å². The number of pyridine rings is 1. The molecule has 134 valence electrons. The number of hydrogen-bond acceptors (Lipinski definition) is 4. The highest BCUT2D eigenvalue weighted by molar-refractivity contribution is 5.76. The average Bonchev–Trinajstić information content (AvgIpc) is 2.58. The van der Waals surface area contributed by atoms with Crippen LogP contribution in [0.15, 0.2) is 48.8 Å². The lowest BCUT2D eigenvalue weighted by molar-refractivity contribution is -0.274. The zero-order valence-corrected chi connectivity index (χ0v) is 13.3. The Morgan fingerprint density at radius 2 is 1.84 bits per heavy atom. The zero-order valence-electron chi connectivity index (χ0n) is 13.3. The third-order valence-electron chi connectivity index (χ3n) is 3.23. The van der Waals surface area contributed by atoms with E-state index >= 15 is 0 Å².